The van der Waals surface area contributed by atoms with Gasteiger partial charge in [-0.15, -0.1) is 24.0 Å². The van der Waals surface area contributed by atoms with Crippen molar-refractivity contribution in [2.75, 3.05) is 19.6 Å². The van der Waals surface area contributed by atoms with E-state index in [1.54, 1.807) is 18.3 Å². The molecule has 0 aliphatic carbocycles. The molecule has 2 aromatic rings. The summed E-state index contributed by atoms with van der Waals surface area (Å²) in [5, 5.41) is 10.7. The monoisotopic (exact) mass is 489 g/mol. The summed E-state index contributed by atoms with van der Waals surface area (Å²) in [7, 11) is 0. The van der Waals surface area contributed by atoms with Crippen molar-refractivity contribution in [1.29, 1.82) is 0 Å². The van der Waals surface area contributed by atoms with Crippen molar-refractivity contribution in [1.82, 2.24) is 20.4 Å². The minimum Gasteiger partial charge on any atom is -0.489 e. The van der Waals surface area contributed by atoms with Crippen LogP contribution in [0.25, 0.3) is 0 Å². The standard InChI is InChI=1S/C19H28FN5O.HI/c1-4-21-19(22-12-15(2)14-25-10-6-9-24-25)23-13-16(3)26-18-8-5-7-17(20)11-18;/h5-11,15-16H,4,12-14H2,1-3H3,(H2,21,22,23);1H. The molecule has 0 aliphatic rings. The topological polar surface area (TPSA) is 63.5 Å². The average Bonchev–Trinajstić information content (AvgIpc) is 3.10. The lowest BCUT2D eigenvalue weighted by atomic mass is 10.2. The maximum Gasteiger partial charge on any atom is 0.191 e. The van der Waals surface area contributed by atoms with Crippen LogP contribution in [0.1, 0.15) is 20.8 Å². The van der Waals surface area contributed by atoms with Crippen molar-refractivity contribution < 1.29 is 9.13 Å². The van der Waals surface area contributed by atoms with Gasteiger partial charge in [0.1, 0.15) is 17.7 Å². The van der Waals surface area contributed by atoms with Gasteiger partial charge in [-0.3, -0.25) is 9.67 Å². The number of aromatic nitrogens is 2. The third-order valence-corrected chi connectivity index (χ3v) is 3.65. The molecule has 6 nitrogen and oxygen atoms in total. The molecule has 1 heterocycles. The summed E-state index contributed by atoms with van der Waals surface area (Å²) >= 11 is 0. The van der Waals surface area contributed by atoms with Crippen LogP contribution in [-0.2, 0) is 6.54 Å². The Morgan fingerprint density at radius 2 is 2.11 bits per heavy atom. The molecular weight excluding hydrogens is 460 g/mol. The zero-order valence-electron chi connectivity index (χ0n) is 16.1. The van der Waals surface area contributed by atoms with Crippen LogP contribution in [0.15, 0.2) is 47.7 Å². The summed E-state index contributed by atoms with van der Waals surface area (Å²) in [6, 6.07) is 8.08. The molecule has 0 spiro atoms. The quantitative estimate of drug-likeness (QED) is 0.323. The van der Waals surface area contributed by atoms with Crippen LogP contribution in [0.3, 0.4) is 0 Å². The fourth-order valence-electron chi connectivity index (χ4n) is 2.43. The minimum atomic E-state index is -0.302. The first kappa shape index (κ1) is 23.2. The Labute approximate surface area is 177 Å². The molecule has 0 aliphatic heterocycles. The van der Waals surface area contributed by atoms with E-state index in [1.807, 2.05) is 30.8 Å². The second-order valence-corrected chi connectivity index (χ2v) is 6.32. The Bertz CT molecular complexity index is 680. The number of nitrogens with one attached hydrogen (secondary N) is 2. The highest BCUT2D eigenvalue weighted by atomic mass is 127. The summed E-state index contributed by atoms with van der Waals surface area (Å²) in [6.45, 7) is 8.96. The number of guanidine groups is 1. The second-order valence-electron chi connectivity index (χ2n) is 6.32. The van der Waals surface area contributed by atoms with E-state index < -0.39 is 0 Å². The van der Waals surface area contributed by atoms with Gasteiger partial charge < -0.3 is 15.4 Å². The van der Waals surface area contributed by atoms with Gasteiger partial charge in [0.05, 0.1) is 6.54 Å². The van der Waals surface area contributed by atoms with Crippen LogP contribution in [-0.4, -0.2) is 41.5 Å². The Morgan fingerprint density at radius 3 is 2.78 bits per heavy atom. The number of benzene rings is 1. The number of hydrogen-bond donors (Lipinski definition) is 2. The fourth-order valence-corrected chi connectivity index (χ4v) is 2.43. The third kappa shape index (κ3) is 9.07. The fraction of sp³-hybridized carbons (Fsp3) is 0.474. The number of halogens is 2. The lowest BCUT2D eigenvalue weighted by Gasteiger charge is -2.18. The molecule has 0 saturated carbocycles. The summed E-state index contributed by atoms with van der Waals surface area (Å²) in [4.78, 5) is 4.62. The van der Waals surface area contributed by atoms with Gasteiger partial charge in [-0.05, 0) is 38.0 Å². The van der Waals surface area contributed by atoms with E-state index in [-0.39, 0.29) is 35.9 Å². The van der Waals surface area contributed by atoms with E-state index in [1.165, 1.54) is 12.1 Å². The first-order valence-electron chi connectivity index (χ1n) is 8.98. The first-order valence-corrected chi connectivity index (χ1v) is 8.98. The molecular formula is C19H29FIN5O. The van der Waals surface area contributed by atoms with Crippen LogP contribution in [0, 0.1) is 11.7 Å². The number of ether oxygens (including phenoxy) is 1. The van der Waals surface area contributed by atoms with Crippen molar-refractivity contribution in [3.63, 3.8) is 0 Å². The predicted molar refractivity (Wildman–Crippen MR) is 117 cm³/mol. The Morgan fingerprint density at radius 1 is 1.30 bits per heavy atom. The Hall–Kier alpha value is -1.84. The largest absolute Gasteiger partial charge is 0.489 e. The highest BCUT2D eigenvalue weighted by Gasteiger charge is 2.08. The van der Waals surface area contributed by atoms with Gasteiger partial charge in [-0.1, -0.05) is 13.0 Å². The zero-order valence-corrected chi connectivity index (χ0v) is 18.4. The molecule has 1 aromatic carbocycles. The number of aliphatic imine (C=N–C) groups is 1. The van der Waals surface area contributed by atoms with Crippen LogP contribution < -0.4 is 15.4 Å². The molecule has 0 bridgehead atoms. The van der Waals surface area contributed by atoms with Gasteiger partial charge in [-0.2, -0.15) is 5.10 Å². The molecule has 2 atom stereocenters. The Kier molecular flexibility index (Phi) is 10.8. The summed E-state index contributed by atoms with van der Waals surface area (Å²) in [5.74, 6) is 1.33. The number of nitrogens with zero attached hydrogens (tertiary/aromatic N) is 3. The molecule has 8 heteroatoms. The van der Waals surface area contributed by atoms with Gasteiger partial charge >= 0.3 is 0 Å². The second kappa shape index (κ2) is 12.5. The maximum atomic E-state index is 13.2. The van der Waals surface area contributed by atoms with Gasteiger partial charge in [0.25, 0.3) is 0 Å². The highest BCUT2D eigenvalue weighted by molar-refractivity contribution is 14.0. The van der Waals surface area contributed by atoms with E-state index in [4.69, 9.17) is 4.74 Å². The van der Waals surface area contributed by atoms with Crippen LogP contribution >= 0.6 is 24.0 Å². The zero-order chi connectivity index (χ0) is 18.8. The highest BCUT2D eigenvalue weighted by Crippen LogP contribution is 2.13. The van der Waals surface area contributed by atoms with Crippen molar-refractivity contribution in [3.05, 3.63) is 48.5 Å². The van der Waals surface area contributed by atoms with Crippen LogP contribution in [0.4, 0.5) is 4.39 Å². The van der Waals surface area contributed by atoms with E-state index in [0.717, 1.165) is 19.0 Å². The number of rotatable bonds is 9. The number of hydrogen-bond acceptors (Lipinski definition) is 3. The van der Waals surface area contributed by atoms with Crippen molar-refractivity contribution in [3.8, 4) is 5.75 Å². The molecule has 150 valence electrons. The van der Waals surface area contributed by atoms with Crippen LogP contribution in [0.5, 0.6) is 5.75 Å². The molecule has 0 fully saturated rings. The first-order chi connectivity index (χ1) is 12.6. The maximum absolute atomic E-state index is 13.2. The molecule has 0 saturated heterocycles. The molecule has 2 N–H and O–H groups in total. The molecule has 2 rings (SSSR count). The predicted octanol–water partition coefficient (Wildman–Crippen LogP) is 3.30. The van der Waals surface area contributed by atoms with E-state index in [9.17, 15) is 4.39 Å². The molecule has 2 unspecified atom stereocenters. The smallest absolute Gasteiger partial charge is 0.191 e. The van der Waals surface area contributed by atoms with Crippen LogP contribution in [0.2, 0.25) is 0 Å². The third-order valence-electron chi connectivity index (χ3n) is 3.65. The molecule has 27 heavy (non-hydrogen) atoms. The van der Waals surface area contributed by atoms with Crippen molar-refractivity contribution in [2.24, 2.45) is 10.9 Å². The summed E-state index contributed by atoms with van der Waals surface area (Å²) < 4.78 is 20.8. The summed E-state index contributed by atoms with van der Waals surface area (Å²) in [5.41, 5.74) is 0. The van der Waals surface area contributed by atoms with E-state index in [2.05, 4.69) is 27.6 Å². The minimum absolute atomic E-state index is 0. The van der Waals surface area contributed by atoms with Gasteiger partial charge in [0.2, 0.25) is 0 Å². The van der Waals surface area contributed by atoms with Crippen molar-refractivity contribution >= 4 is 29.9 Å². The normalized spacial score (nSPS) is 13.4. The van der Waals surface area contributed by atoms with Crippen molar-refractivity contribution in [2.45, 2.75) is 33.4 Å². The lowest BCUT2D eigenvalue weighted by molar-refractivity contribution is 0.223. The average molecular weight is 489 g/mol. The van der Waals surface area contributed by atoms with Gasteiger partial charge in [0.15, 0.2) is 5.96 Å². The molecule has 0 radical (unpaired) electrons. The lowest BCUT2D eigenvalue weighted by Crippen LogP contribution is -2.42. The van der Waals surface area contributed by atoms with E-state index in [0.29, 0.717) is 24.8 Å². The SMILES string of the molecule is CCNC(=NCC(C)Cn1cccn1)NCC(C)Oc1cccc(F)c1.I. The summed E-state index contributed by atoms with van der Waals surface area (Å²) in [6.07, 6.45) is 3.61. The van der Waals surface area contributed by atoms with E-state index >= 15 is 0 Å². The Balaban J connectivity index is 0.00000364. The molecule has 0 amide bonds. The van der Waals surface area contributed by atoms with Gasteiger partial charge in [-0.25, -0.2) is 4.39 Å². The molecule has 1 aromatic heterocycles. The van der Waals surface area contributed by atoms with Gasteiger partial charge in [0, 0.05) is 38.1 Å².